The van der Waals surface area contributed by atoms with Crippen LogP contribution in [0.1, 0.15) is 13.3 Å². The summed E-state index contributed by atoms with van der Waals surface area (Å²) in [4.78, 5) is 8.16. The molecule has 1 aromatic rings. The lowest BCUT2D eigenvalue weighted by atomic mass is 10.1. The molecule has 0 amide bonds. The van der Waals surface area contributed by atoms with Crippen molar-refractivity contribution in [2.75, 3.05) is 19.8 Å². The molecule has 0 bridgehead atoms. The van der Waals surface area contributed by atoms with Crippen molar-refractivity contribution >= 4 is 11.8 Å². The third-order valence-electron chi connectivity index (χ3n) is 2.60. The van der Waals surface area contributed by atoms with Crippen molar-refractivity contribution in [3.8, 4) is 0 Å². The molecular weight excluding hydrogens is 222 g/mol. The fourth-order valence-electron chi connectivity index (χ4n) is 1.83. The largest absolute Gasteiger partial charge is 0.380 e. The number of rotatable bonds is 4. The summed E-state index contributed by atoms with van der Waals surface area (Å²) in [7, 11) is 0. The minimum Gasteiger partial charge on any atom is -0.380 e. The van der Waals surface area contributed by atoms with Crippen molar-refractivity contribution in [3.05, 3.63) is 18.6 Å². The summed E-state index contributed by atoms with van der Waals surface area (Å²) in [6.07, 6.45) is 4.45. The first-order chi connectivity index (χ1) is 7.90. The molecule has 4 nitrogen and oxygen atoms in total. The molecule has 2 atom stereocenters. The lowest BCUT2D eigenvalue weighted by Crippen LogP contribution is -2.44. The Hall–Kier alpha value is -0.650. The number of aromatic nitrogens is 2. The number of hydrogen-bond donors (Lipinski definition) is 1. The first-order valence-corrected chi connectivity index (χ1v) is 6.52. The molecule has 1 aromatic heterocycles. The van der Waals surface area contributed by atoms with Crippen molar-refractivity contribution in [1.29, 1.82) is 0 Å². The molecule has 2 rings (SSSR count). The molecule has 16 heavy (non-hydrogen) atoms. The van der Waals surface area contributed by atoms with E-state index in [1.807, 2.05) is 6.07 Å². The van der Waals surface area contributed by atoms with Crippen LogP contribution in [0.3, 0.4) is 0 Å². The monoisotopic (exact) mass is 239 g/mol. The quantitative estimate of drug-likeness (QED) is 0.803. The summed E-state index contributed by atoms with van der Waals surface area (Å²) in [6.45, 7) is 4.80. The maximum absolute atomic E-state index is 5.53. The van der Waals surface area contributed by atoms with Gasteiger partial charge in [-0.15, -0.1) is 0 Å². The Labute approximate surface area is 100 Å². The Morgan fingerprint density at radius 3 is 3.31 bits per heavy atom. The van der Waals surface area contributed by atoms with Gasteiger partial charge in [-0.25, -0.2) is 9.97 Å². The molecular formula is C11H17N3OS. The number of thioether (sulfide) groups is 1. The molecule has 0 aliphatic carbocycles. The van der Waals surface area contributed by atoms with E-state index in [0.717, 1.165) is 31.2 Å². The predicted octanol–water partition coefficient (Wildman–Crippen LogP) is 1.34. The van der Waals surface area contributed by atoms with Crippen molar-refractivity contribution in [2.45, 2.75) is 29.7 Å². The van der Waals surface area contributed by atoms with Gasteiger partial charge >= 0.3 is 0 Å². The number of hydrogen-bond acceptors (Lipinski definition) is 5. The van der Waals surface area contributed by atoms with Crippen LogP contribution in [0.2, 0.25) is 0 Å². The summed E-state index contributed by atoms with van der Waals surface area (Å²) in [6, 6.07) is 2.47. The highest BCUT2D eigenvalue weighted by Gasteiger charge is 2.26. The SMILES string of the molecule is CCNC1CCOCC1Sc1ccncn1. The lowest BCUT2D eigenvalue weighted by molar-refractivity contribution is 0.0836. The molecule has 1 aliphatic rings. The second-order valence-corrected chi connectivity index (χ2v) is 4.99. The van der Waals surface area contributed by atoms with Crippen molar-refractivity contribution < 1.29 is 4.74 Å². The second-order valence-electron chi connectivity index (χ2n) is 3.73. The van der Waals surface area contributed by atoms with Crippen LogP contribution in [0.15, 0.2) is 23.6 Å². The normalized spacial score (nSPS) is 25.6. The molecule has 1 N–H and O–H groups in total. The smallest absolute Gasteiger partial charge is 0.116 e. The molecule has 2 heterocycles. The zero-order chi connectivity index (χ0) is 11.2. The number of ether oxygens (including phenoxy) is 1. The zero-order valence-corrected chi connectivity index (χ0v) is 10.2. The highest BCUT2D eigenvalue weighted by atomic mass is 32.2. The van der Waals surface area contributed by atoms with Gasteiger partial charge in [0, 0.05) is 24.1 Å². The topological polar surface area (TPSA) is 47.0 Å². The summed E-state index contributed by atoms with van der Waals surface area (Å²) < 4.78 is 5.53. The maximum atomic E-state index is 5.53. The molecule has 1 saturated heterocycles. The van der Waals surface area contributed by atoms with Gasteiger partial charge in [-0.05, 0) is 19.0 Å². The average molecular weight is 239 g/mol. The van der Waals surface area contributed by atoms with Crippen LogP contribution in [0.5, 0.6) is 0 Å². The van der Waals surface area contributed by atoms with Gasteiger partial charge in [-0.1, -0.05) is 18.7 Å². The summed E-state index contributed by atoms with van der Waals surface area (Å²) in [5, 5.41) is 4.98. The lowest BCUT2D eigenvalue weighted by Gasteiger charge is -2.31. The van der Waals surface area contributed by atoms with Crippen LogP contribution in [0.25, 0.3) is 0 Å². The van der Waals surface area contributed by atoms with Gasteiger partial charge in [-0.3, -0.25) is 0 Å². The van der Waals surface area contributed by atoms with E-state index < -0.39 is 0 Å². The fraction of sp³-hybridized carbons (Fsp3) is 0.636. The molecule has 0 saturated carbocycles. The van der Waals surface area contributed by atoms with Crippen LogP contribution < -0.4 is 5.32 Å². The van der Waals surface area contributed by atoms with E-state index in [4.69, 9.17) is 4.74 Å². The molecule has 0 spiro atoms. The van der Waals surface area contributed by atoms with Gasteiger partial charge in [0.15, 0.2) is 0 Å². The molecule has 0 radical (unpaired) electrons. The van der Waals surface area contributed by atoms with E-state index in [2.05, 4.69) is 22.2 Å². The highest BCUT2D eigenvalue weighted by molar-refractivity contribution is 8.00. The first-order valence-electron chi connectivity index (χ1n) is 5.64. The van der Waals surface area contributed by atoms with E-state index in [9.17, 15) is 0 Å². The van der Waals surface area contributed by atoms with Gasteiger partial charge in [0.25, 0.3) is 0 Å². The van der Waals surface area contributed by atoms with Gasteiger partial charge in [-0.2, -0.15) is 0 Å². The zero-order valence-electron chi connectivity index (χ0n) is 9.43. The molecule has 2 unspecified atom stereocenters. The summed E-state index contributed by atoms with van der Waals surface area (Å²) in [5.41, 5.74) is 0. The van der Waals surface area contributed by atoms with Crippen molar-refractivity contribution in [2.24, 2.45) is 0 Å². The van der Waals surface area contributed by atoms with E-state index in [0.29, 0.717) is 11.3 Å². The van der Waals surface area contributed by atoms with Crippen LogP contribution in [0, 0.1) is 0 Å². The van der Waals surface area contributed by atoms with E-state index >= 15 is 0 Å². The molecule has 1 fully saturated rings. The Balaban J connectivity index is 1.96. The van der Waals surface area contributed by atoms with E-state index in [-0.39, 0.29) is 0 Å². The minimum absolute atomic E-state index is 0.448. The van der Waals surface area contributed by atoms with Gasteiger partial charge in [0.2, 0.25) is 0 Å². The summed E-state index contributed by atoms with van der Waals surface area (Å²) >= 11 is 1.77. The third-order valence-corrected chi connectivity index (χ3v) is 3.85. The highest BCUT2D eigenvalue weighted by Crippen LogP contribution is 2.27. The van der Waals surface area contributed by atoms with E-state index in [1.165, 1.54) is 0 Å². The van der Waals surface area contributed by atoms with Crippen LogP contribution in [-0.2, 0) is 4.74 Å². The third kappa shape index (κ3) is 3.17. The fourth-order valence-corrected chi connectivity index (χ4v) is 2.95. The van der Waals surface area contributed by atoms with Crippen LogP contribution >= 0.6 is 11.8 Å². The van der Waals surface area contributed by atoms with Gasteiger partial charge < -0.3 is 10.1 Å². The standard InChI is InChI=1S/C11H17N3OS/c1-2-13-9-4-6-15-7-10(9)16-11-3-5-12-8-14-11/h3,5,8-10,13H,2,4,6-7H2,1H3. The number of nitrogens with zero attached hydrogens (tertiary/aromatic N) is 2. The maximum Gasteiger partial charge on any atom is 0.116 e. The summed E-state index contributed by atoms with van der Waals surface area (Å²) in [5.74, 6) is 0. The van der Waals surface area contributed by atoms with Gasteiger partial charge in [0.1, 0.15) is 6.33 Å². The van der Waals surface area contributed by atoms with Crippen molar-refractivity contribution in [3.63, 3.8) is 0 Å². The van der Waals surface area contributed by atoms with Crippen LogP contribution in [-0.4, -0.2) is 41.0 Å². The first kappa shape index (κ1) is 11.8. The molecule has 5 heteroatoms. The molecule has 88 valence electrons. The Kier molecular flexibility index (Phi) is 4.56. The minimum atomic E-state index is 0.448. The number of nitrogens with one attached hydrogen (secondary N) is 1. The average Bonchev–Trinajstić information content (AvgIpc) is 2.33. The molecule has 1 aliphatic heterocycles. The van der Waals surface area contributed by atoms with Crippen molar-refractivity contribution in [1.82, 2.24) is 15.3 Å². The van der Waals surface area contributed by atoms with E-state index in [1.54, 1.807) is 24.3 Å². The second kappa shape index (κ2) is 6.18. The predicted molar refractivity (Wildman–Crippen MR) is 64.6 cm³/mol. The molecule has 0 aromatic carbocycles. The van der Waals surface area contributed by atoms with Gasteiger partial charge in [0.05, 0.1) is 11.6 Å². The Bertz CT molecular complexity index is 307. The van der Waals surface area contributed by atoms with Crippen LogP contribution in [0.4, 0.5) is 0 Å². The Morgan fingerprint density at radius 1 is 1.62 bits per heavy atom. The Morgan fingerprint density at radius 2 is 2.56 bits per heavy atom.